The molecule has 6 heteroatoms. The maximum atomic E-state index is 11.2. The van der Waals surface area contributed by atoms with Gasteiger partial charge in [-0.1, -0.05) is 12.1 Å². The van der Waals surface area contributed by atoms with Gasteiger partial charge in [0.25, 0.3) is 0 Å². The van der Waals surface area contributed by atoms with Crippen molar-refractivity contribution in [3.8, 4) is 5.75 Å². The number of benzene rings is 1. The third-order valence-electron chi connectivity index (χ3n) is 4.26. The Kier molecular flexibility index (Phi) is 4.82. The Balaban J connectivity index is 2.23. The van der Waals surface area contributed by atoms with E-state index in [9.17, 15) is 14.7 Å². The van der Waals surface area contributed by atoms with Gasteiger partial charge in [-0.3, -0.25) is 0 Å². The van der Waals surface area contributed by atoms with Gasteiger partial charge in [-0.25, -0.2) is 9.59 Å². The van der Waals surface area contributed by atoms with E-state index >= 15 is 0 Å². The molecule has 0 bridgehead atoms. The van der Waals surface area contributed by atoms with Gasteiger partial charge in [0.1, 0.15) is 5.75 Å². The minimum Gasteiger partial charge on any atom is -0.478 e. The summed E-state index contributed by atoms with van der Waals surface area (Å²) in [4.78, 5) is 23.8. The zero-order chi connectivity index (χ0) is 17.2. The highest BCUT2D eigenvalue weighted by Gasteiger charge is 2.30. The Morgan fingerprint density at radius 3 is 2.61 bits per heavy atom. The highest BCUT2D eigenvalue weighted by Crippen LogP contribution is 2.32. The summed E-state index contributed by atoms with van der Waals surface area (Å²) in [5, 5.41) is 18.4. The van der Waals surface area contributed by atoms with Crippen molar-refractivity contribution in [3.05, 3.63) is 29.3 Å². The molecule has 1 aromatic carbocycles. The highest BCUT2D eigenvalue weighted by molar-refractivity contribution is 5.76. The Bertz CT molecular complexity index is 611. The van der Waals surface area contributed by atoms with Crippen LogP contribution in [0.15, 0.2) is 18.2 Å². The Labute approximate surface area is 135 Å². The molecule has 126 valence electrons. The van der Waals surface area contributed by atoms with Gasteiger partial charge >= 0.3 is 12.1 Å². The monoisotopic (exact) mass is 321 g/mol. The van der Waals surface area contributed by atoms with E-state index < -0.39 is 17.7 Å². The Hall–Kier alpha value is -2.24. The third kappa shape index (κ3) is 3.94. The van der Waals surface area contributed by atoms with Crippen molar-refractivity contribution in [2.24, 2.45) is 0 Å². The molecule has 0 spiro atoms. The number of ether oxygens (including phenoxy) is 1. The Morgan fingerprint density at radius 1 is 1.30 bits per heavy atom. The van der Waals surface area contributed by atoms with E-state index in [0.717, 1.165) is 24.0 Å². The van der Waals surface area contributed by atoms with Crippen molar-refractivity contribution in [2.45, 2.75) is 45.1 Å². The fourth-order valence-corrected chi connectivity index (χ4v) is 2.72. The van der Waals surface area contributed by atoms with Gasteiger partial charge in [-0.05, 0) is 50.8 Å². The predicted molar refractivity (Wildman–Crippen MR) is 85.1 cm³/mol. The van der Waals surface area contributed by atoms with Crippen LogP contribution in [0.3, 0.4) is 0 Å². The molecule has 1 aliphatic heterocycles. The molecule has 1 atom stereocenters. The van der Waals surface area contributed by atoms with E-state index in [1.165, 1.54) is 18.7 Å². The van der Waals surface area contributed by atoms with Crippen LogP contribution in [0.2, 0.25) is 0 Å². The smallest absolute Gasteiger partial charge is 0.407 e. The molecule has 23 heavy (non-hydrogen) atoms. The van der Waals surface area contributed by atoms with Crippen molar-refractivity contribution in [1.82, 2.24) is 4.90 Å². The number of likely N-dealkylation sites (tertiary alicyclic amines) is 1. The topological polar surface area (TPSA) is 87.1 Å². The second-order valence-corrected chi connectivity index (χ2v) is 6.51. The molecule has 0 aliphatic carbocycles. The first-order valence-electron chi connectivity index (χ1n) is 7.71. The largest absolute Gasteiger partial charge is 0.478 e. The standard InChI is InChI=1S/C17H23NO5/c1-11-6-7-12(9-14(11)23-17(2,3)15(19)20)13-5-4-8-18(10-13)16(21)22/h6-7,9,13H,4-5,8,10H2,1-3H3,(H,19,20)(H,21,22)/t13-/m1/s1. The molecule has 1 amide bonds. The number of carboxylic acid groups (broad SMARTS) is 2. The number of hydrogen-bond acceptors (Lipinski definition) is 3. The lowest BCUT2D eigenvalue weighted by atomic mass is 9.90. The van der Waals surface area contributed by atoms with E-state index in [-0.39, 0.29) is 5.92 Å². The first kappa shape index (κ1) is 17.1. The van der Waals surface area contributed by atoms with Crippen LogP contribution >= 0.6 is 0 Å². The van der Waals surface area contributed by atoms with Crippen LogP contribution in [0.5, 0.6) is 5.75 Å². The van der Waals surface area contributed by atoms with Gasteiger partial charge in [0, 0.05) is 19.0 Å². The first-order chi connectivity index (χ1) is 10.7. The van der Waals surface area contributed by atoms with Crippen molar-refractivity contribution < 1.29 is 24.5 Å². The zero-order valence-corrected chi connectivity index (χ0v) is 13.7. The van der Waals surface area contributed by atoms with Crippen LogP contribution in [0.25, 0.3) is 0 Å². The summed E-state index contributed by atoms with van der Waals surface area (Å²) >= 11 is 0. The van der Waals surface area contributed by atoms with E-state index in [1.807, 2.05) is 25.1 Å². The van der Waals surface area contributed by atoms with Crippen molar-refractivity contribution in [1.29, 1.82) is 0 Å². The fraction of sp³-hybridized carbons (Fsp3) is 0.529. The van der Waals surface area contributed by atoms with Crippen LogP contribution in [0.4, 0.5) is 4.79 Å². The second-order valence-electron chi connectivity index (χ2n) is 6.51. The van der Waals surface area contributed by atoms with Gasteiger partial charge in [0.15, 0.2) is 5.60 Å². The lowest BCUT2D eigenvalue weighted by Gasteiger charge is -2.31. The highest BCUT2D eigenvalue weighted by atomic mass is 16.5. The van der Waals surface area contributed by atoms with Gasteiger partial charge < -0.3 is 19.8 Å². The van der Waals surface area contributed by atoms with E-state index in [1.54, 1.807) is 0 Å². The second kappa shape index (κ2) is 6.48. The van der Waals surface area contributed by atoms with E-state index in [4.69, 9.17) is 9.84 Å². The summed E-state index contributed by atoms with van der Waals surface area (Å²) in [6.07, 6.45) is 0.835. The molecule has 0 radical (unpaired) electrons. The fourth-order valence-electron chi connectivity index (χ4n) is 2.72. The minimum atomic E-state index is -1.32. The number of carboxylic acids is 1. The number of nitrogens with zero attached hydrogens (tertiary/aromatic N) is 1. The molecule has 1 aromatic rings. The summed E-state index contributed by atoms with van der Waals surface area (Å²) in [7, 11) is 0. The minimum absolute atomic E-state index is 0.107. The van der Waals surface area contributed by atoms with Crippen LogP contribution in [-0.4, -0.2) is 45.9 Å². The van der Waals surface area contributed by atoms with Gasteiger partial charge in [-0.2, -0.15) is 0 Å². The number of amides is 1. The summed E-state index contributed by atoms with van der Waals surface area (Å²) in [5.74, 6) is -0.393. The van der Waals surface area contributed by atoms with E-state index in [0.29, 0.717) is 18.8 Å². The van der Waals surface area contributed by atoms with Crippen molar-refractivity contribution >= 4 is 12.1 Å². The number of aliphatic carboxylic acids is 1. The van der Waals surface area contributed by atoms with Gasteiger partial charge in [0.05, 0.1) is 0 Å². The maximum absolute atomic E-state index is 11.2. The molecule has 1 heterocycles. The SMILES string of the molecule is Cc1ccc([C@@H]2CCCN(C(=O)O)C2)cc1OC(C)(C)C(=O)O. The number of hydrogen-bond donors (Lipinski definition) is 2. The zero-order valence-electron chi connectivity index (χ0n) is 13.7. The predicted octanol–water partition coefficient (Wildman–Crippen LogP) is 3.09. The molecule has 0 unspecified atom stereocenters. The summed E-state index contributed by atoms with van der Waals surface area (Å²) in [5.41, 5.74) is 0.523. The molecule has 1 saturated heterocycles. The molecule has 0 saturated carbocycles. The average molecular weight is 321 g/mol. The van der Waals surface area contributed by atoms with Crippen LogP contribution in [-0.2, 0) is 4.79 Å². The third-order valence-corrected chi connectivity index (χ3v) is 4.26. The molecule has 0 aromatic heterocycles. The lowest BCUT2D eigenvalue weighted by molar-refractivity contribution is -0.152. The number of carbonyl (C=O) groups is 2. The molecule has 1 fully saturated rings. The molecule has 2 N–H and O–H groups in total. The van der Waals surface area contributed by atoms with Crippen LogP contribution in [0.1, 0.15) is 43.7 Å². The maximum Gasteiger partial charge on any atom is 0.407 e. The van der Waals surface area contributed by atoms with Gasteiger partial charge in [0.2, 0.25) is 0 Å². The van der Waals surface area contributed by atoms with E-state index in [2.05, 4.69) is 0 Å². The molecular formula is C17H23NO5. The average Bonchev–Trinajstić information content (AvgIpc) is 2.49. The van der Waals surface area contributed by atoms with Crippen molar-refractivity contribution in [3.63, 3.8) is 0 Å². The quantitative estimate of drug-likeness (QED) is 0.890. The van der Waals surface area contributed by atoms with Crippen LogP contribution < -0.4 is 4.74 Å². The number of rotatable bonds is 4. The van der Waals surface area contributed by atoms with Crippen molar-refractivity contribution in [2.75, 3.05) is 13.1 Å². The molecule has 2 rings (SSSR count). The molecule has 1 aliphatic rings. The Morgan fingerprint density at radius 2 is 2.00 bits per heavy atom. The normalized spacial score (nSPS) is 18.6. The molecule has 6 nitrogen and oxygen atoms in total. The number of aryl methyl sites for hydroxylation is 1. The molecular weight excluding hydrogens is 298 g/mol. The summed E-state index contributed by atoms with van der Waals surface area (Å²) in [6.45, 7) is 5.90. The summed E-state index contributed by atoms with van der Waals surface area (Å²) < 4.78 is 5.67. The first-order valence-corrected chi connectivity index (χ1v) is 7.71. The van der Waals surface area contributed by atoms with Gasteiger partial charge in [-0.15, -0.1) is 0 Å². The van der Waals surface area contributed by atoms with Crippen LogP contribution in [0, 0.1) is 6.92 Å². The number of piperidine rings is 1. The lowest BCUT2D eigenvalue weighted by Crippen LogP contribution is -2.38. The summed E-state index contributed by atoms with van der Waals surface area (Å²) in [6, 6.07) is 5.70.